The Morgan fingerprint density at radius 2 is 1.95 bits per heavy atom. The smallest absolute Gasteiger partial charge is 0.241 e. The Balaban J connectivity index is 3.07. The van der Waals surface area contributed by atoms with Gasteiger partial charge in [0.15, 0.2) is 0 Å². The van der Waals surface area contributed by atoms with Crippen LogP contribution in [0, 0.1) is 0 Å². The van der Waals surface area contributed by atoms with Crippen molar-refractivity contribution >= 4 is 17.5 Å². The van der Waals surface area contributed by atoms with Crippen LogP contribution in [0.25, 0.3) is 0 Å². The summed E-state index contributed by atoms with van der Waals surface area (Å²) in [4.78, 5) is 24.0. The van der Waals surface area contributed by atoms with E-state index in [4.69, 9.17) is 5.73 Å². The van der Waals surface area contributed by atoms with Crippen LogP contribution in [0.4, 0.5) is 11.6 Å². The van der Waals surface area contributed by atoms with Gasteiger partial charge < -0.3 is 15.5 Å². The maximum atomic E-state index is 12.0. The van der Waals surface area contributed by atoms with E-state index in [1.807, 2.05) is 4.90 Å². The van der Waals surface area contributed by atoms with E-state index in [9.17, 15) is 4.79 Å². The van der Waals surface area contributed by atoms with Gasteiger partial charge in [0, 0.05) is 26.2 Å². The molecule has 0 bridgehead atoms. The predicted octanol–water partition coefficient (Wildman–Crippen LogP) is 1.32. The van der Waals surface area contributed by atoms with Crippen LogP contribution in [0.1, 0.15) is 32.3 Å². The van der Waals surface area contributed by atoms with Gasteiger partial charge in [-0.2, -0.15) is 0 Å². The van der Waals surface area contributed by atoms with E-state index in [0.717, 1.165) is 37.2 Å². The molecule has 0 unspecified atom stereocenters. The third kappa shape index (κ3) is 4.08. The second kappa shape index (κ2) is 7.67. The average Bonchev–Trinajstić information content (AvgIpc) is 2.40. The highest BCUT2D eigenvalue weighted by molar-refractivity contribution is 5.81. The highest BCUT2D eigenvalue weighted by Gasteiger charge is 2.18. The second-order valence-corrected chi connectivity index (χ2v) is 5.02. The van der Waals surface area contributed by atoms with Crippen LogP contribution in [0.3, 0.4) is 0 Å². The van der Waals surface area contributed by atoms with Crippen molar-refractivity contribution < 1.29 is 4.79 Å². The summed E-state index contributed by atoms with van der Waals surface area (Å²) >= 11 is 0. The number of aromatic nitrogens is 2. The van der Waals surface area contributed by atoms with E-state index < -0.39 is 0 Å². The number of anilines is 2. The van der Waals surface area contributed by atoms with Crippen LogP contribution in [0.2, 0.25) is 0 Å². The van der Waals surface area contributed by atoms with Gasteiger partial charge in [0.25, 0.3) is 0 Å². The quantitative estimate of drug-likeness (QED) is 0.814. The van der Waals surface area contributed by atoms with E-state index in [1.165, 1.54) is 6.33 Å². The number of nitrogens with two attached hydrogens (primary N) is 1. The lowest BCUT2D eigenvalue weighted by atomic mass is 10.1. The van der Waals surface area contributed by atoms with Crippen LogP contribution in [-0.2, 0) is 11.2 Å². The van der Waals surface area contributed by atoms with Gasteiger partial charge in [-0.25, -0.2) is 9.97 Å². The fraction of sp³-hybridized carbons (Fsp3) is 0.643. The fourth-order valence-electron chi connectivity index (χ4n) is 2.01. The maximum absolute atomic E-state index is 12.0. The Kier molecular flexibility index (Phi) is 6.21. The highest BCUT2D eigenvalue weighted by Crippen LogP contribution is 2.23. The van der Waals surface area contributed by atoms with Crippen molar-refractivity contribution in [3.8, 4) is 0 Å². The molecule has 0 saturated carbocycles. The van der Waals surface area contributed by atoms with Crippen molar-refractivity contribution in [2.75, 3.05) is 37.8 Å². The molecular weight excluding hydrogens is 254 g/mol. The summed E-state index contributed by atoms with van der Waals surface area (Å²) < 4.78 is 0. The van der Waals surface area contributed by atoms with E-state index in [2.05, 4.69) is 23.8 Å². The molecule has 0 fully saturated rings. The molecule has 0 saturated heterocycles. The number of rotatable bonds is 7. The number of nitrogens with zero attached hydrogens (tertiary/aromatic N) is 4. The molecule has 0 aliphatic rings. The second-order valence-electron chi connectivity index (χ2n) is 5.02. The van der Waals surface area contributed by atoms with Gasteiger partial charge >= 0.3 is 0 Å². The summed E-state index contributed by atoms with van der Waals surface area (Å²) in [5.41, 5.74) is 6.90. The number of carbonyl (C=O) groups excluding carboxylic acids is 1. The number of carbonyl (C=O) groups is 1. The summed E-state index contributed by atoms with van der Waals surface area (Å²) in [5.74, 6) is 1.35. The molecule has 0 spiro atoms. The summed E-state index contributed by atoms with van der Waals surface area (Å²) in [7, 11) is 3.52. The Morgan fingerprint density at radius 3 is 2.50 bits per heavy atom. The van der Waals surface area contributed by atoms with Gasteiger partial charge in [-0.1, -0.05) is 20.3 Å². The minimum Gasteiger partial charge on any atom is -0.383 e. The minimum atomic E-state index is 0.0538. The molecule has 0 aromatic carbocycles. The molecule has 20 heavy (non-hydrogen) atoms. The summed E-state index contributed by atoms with van der Waals surface area (Å²) in [6, 6.07) is 0. The SMILES string of the molecule is CCCc1c(N)ncnc1N(CCC)CC(=O)N(C)C. The zero-order chi connectivity index (χ0) is 15.1. The van der Waals surface area contributed by atoms with Crippen molar-refractivity contribution in [1.82, 2.24) is 14.9 Å². The molecule has 0 radical (unpaired) electrons. The van der Waals surface area contributed by atoms with Crippen molar-refractivity contribution in [2.24, 2.45) is 0 Å². The minimum absolute atomic E-state index is 0.0538. The first-order chi connectivity index (χ1) is 9.51. The van der Waals surface area contributed by atoms with E-state index in [-0.39, 0.29) is 5.91 Å². The van der Waals surface area contributed by atoms with Crippen molar-refractivity contribution in [1.29, 1.82) is 0 Å². The van der Waals surface area contributed by atoms with Crippen LogP contribution in [0.5, 0.6) is 0 Å². The molecular formula is C14H25N5O. The van der Waals surface area contributed by atoms with Crippen LogP contribution < -0.4 is 10.6 Å². The van der Waals surface area contributed by atoms with Crippen LogP contribution in [0.15, 0.2) is 6.33 Å². The number of hydrogen-bond donors (Lipinski definition) is 1. The Labute approximate surface area is 121 Å². The molecule has 0 aliphatic heterocycles. The Hall–Kier alpha value is -1.85. The fourth-order valence-corrected chi connectivity index (χ4v) is 2.01. The third-order valence-corrected chi connectivity index (χ3v) is 3.07. The topological polar surface area (TPSA) is 75.3 Å². The summed E-state index contributed by atoms with van der Waals surface area (Å²) in [5, 5.41) is 0. The molecule has 1 aromatic heterocycles. The summed E-state index contributed by atoms with van der Waals surface area (Å²) in [6.07, 6.45) is 4.19. The van der Waals surface area contributed by atoms with E-state index in [0.29, 0.717) is 12.4 Å². The average molecular weight is 279 g/mol. The van der Waals surface area contributed by atoms with Gasteiger partial charge in [0.05, 0.1) is 6.54 Å². The van der Waals surface area contributed by atoms with Gasteiger partial charge in [0.1, 0.15) is 18.0 Å². The largest absolute Gasteiger partial charge is 0.383 e. The summed E-state index contributed by atoms with van der Waals surface area (Å²) in [6.45, 7) is 5.25. The third-order valence-electron chi connectivity index (χ3n) is 3.07. The molecule has 1 heterocycles. The zero-order valence-electron chi connectivity index (χ0n) is 12.9. The zero-order valence-corrected chi connectivity index (χ0v) is 12.9. The van der Waals surface area contributed by atoms with E-state index >= 15 is 0 Å². The number of likely N-dealkylation sites (N-methyl/N-ethyl adjacent to an activating group) is 1. The Morgan fingerprint density at radius 1 is 1.25 bits per heavy atom. The lowest BCUT2D eigenvalue weighted by Gasteiger charge is -2.26. The molecule has 1 rings (SSSR count). The van der Waals surface area contributed by atoms with Crippen molar-refractivity contribution in [2.45, 2.75) is 33.1 Å². The highest BCUT2D eigenvalue weighted by atomic mass is 16.2. The monoisotopic (exact) mass is 279 g/mol. The van der Waals surface area contributed by atoms with Gasteiger partial charge in [0.2, 0.25) is 5.91 Å². The van der Waals surface area contributed by atoms with Crippen molar-refractivity contribution in [3.63, 3.8) is 0 Å². The normalized spacial score (nSPS) is 10.4. The number of hydrogen-bond acceptors (Lipinski definition) is 5. The van der Waals surface area contributed by atoms with E-state index in [1.54, 1.807) is 19.0 Å². The van der Waals surface area contributed by atoms with Crippen molar-refractivity contribution in [3.05, 3.63) is 11.9 Å². The van der Waals surface area contributed by atoms with Crippen LogP contribution in [-0.4, -0.2) is 48.0 Å². The van der Waals surface area contributed by atoms with Gasteiger partial charge in [-0.3, -0.25) is 4.79 Å². The Bertz CT molecular complexity index is 447. The van der Waals surface area contributed by atoms with Gasteiger partial charge in [-0.05, 0) is 12.8 Å². The molecule has 0 atom stereocenters. The molecule has 2 N–H and O–H groups in total. The van der Waals surface area contributed by atoms with Crippen LogP contribution >= 0.6 is 0 Å². The standard InChI is InChI=1S/C14H25N5O/c1-5-7-11-13(15)16-10-17-14(11)19(8-6-2)9-12(20)18(3)4/h10H,5-9H2,1-4H3,(H2,15,16,17). The lowest BCUT2D eigenvalue weighted by Crippen LogP contribution is -2.38. The first-order valence-electron chi connectivity index (χ1n) is 7.05. The first-order valence-corrected chi connectivity index (χ1v) is 7.05. The molecule has 1 aromatic rings. The van der Waals surface area contributed by atoms with Gasteiger partial charge in [-0.15, -0.1) is 0 Å². The molecule has 112 valence electrons. The molecule has 0 aliphatic carbocycles. The number of nitrogen functional groups attached to an aromatic ring is 1. The molecule has 6 heteroatoms. The molecule has 1 amide bonds. The lowest BCUT2D eigenvalue weighted by molar-refractivity contribution is -0.127. The predicted molar refractivity (Wildman–Crippen MR) is 81.6 cm³/mol. The first kappa shape index (κ1) is 16.2. The number of amides is 1. The molecule has 6 nitrogen and oxygen atoms in total. The maximum Gasteiger partial charge on any atom is 0.241 e.